The Morgan fingerprint density at radius 3 is 2.68 bits per heavy atom. The first-order valence-corrected chi connectivity index (χ1v) is 12.2. The summed E-state index contributed by atoms with van der Waals surface area (Å²) in [6.45, 7) is 1.88. The van der Waals surface area contributed by atoms with Gasteiger partial charge in [-0.1, -0.05) is 12.1 Å². The van der Waals surface area contributed by atoms with E-state index in [4.69, 9.17) is 4.74 Å². The van der Waals surface area contributed by atoms with Crippen LogP contribution in [0.2, 0.25) is 0 Å². The van der Waals surface area contributed by atoms with Crippen LogP contribution in [0.25, 0.3) is 5.65 Å². The quantitative estimate of drug-likeness (QED) is 0.451. The number of nitrogens with one attached hydrogen (secondary N) is 1. The predicted molar refractivity (Wildman–Crippen MR) is 132 cm³/mol. The molecule has 0 atom stereocenters. The molecule has 174 valence electrons. The van der Waals surface area contributed by atoms with Gasteiger partial charge >= 0.3 is 0 Å². The first kappa shape index (κ1) is 22.2. The molecule has 5 rings (SSSR count). The smallest absolute Gasteiger partial charge is 0.267 e. The number of amides is 2. The zero-order chi connectivity index (χ0) is 23.5. The van der Waals surface area contributed by atoms with E-state index in [-0.39, 0.29) is 11.8 Å². The largest absolute Gasteiger partial charge is 0.495 e. The Hall–Kier alpha value is -3.65. The molecule has 0 spiro atoms. The van der Waals surface area contributed by atoms with Crippen LogP contribution in [0.5, 0.6) is 5.75 Å². The van der Waals surface area contributed by atoms with Crippen molar-refractivity contribution in [1.29, 1.82) is 0 Å². The van der Waals surface area contributed by atoms with Crippen molar-refractivity contribution < 1.29 is 14.3 Å². The van der Waals surface area contributed by atoms with E-state index in [1.165, 1.54) is 16.9 Å². The Balaban J connectivity index is 1.15. The number of carbonyl (C=O) groups is 2. The Morgan fingerprint density at radius 2 is 1.91 bits per heavy atom. The Labute approximate surface area is 202 Å². The summed E-state index contributed by atoms with van der Waals surface area (Å²) >= 11 is 1.42. The van der Waals surface area contributed by atoms with Crippen LogP contribution in [-0.2, 0) is 6.54 Å². The maximum atomic E-state index is 12.8. The molecule has 1 aliphatic heterocycles. The number of rotatable bonds is 6. The maximum absolute atomic E-state index is 12.8. The third-order valence-electron chi connectivity index (χ3n) is 6.39. The number of hydrogen-bond acceptors (Lipinski definition) is 5. The number of fused-ring (bicyclic) bond motifs is 1. The van der Waals surface area contributed by atoms with Crippen molar-refractivity contribution in [3.63, 3.8) is 0 Å². The second kappa shape index (κ2) is 9.69. The monoisotopic (exact) mass is 474 g/mol. The van der Waals surface area contributed by atoms with Gasteiger partial charge in [-0.2, -0.15) is 0 Å². The molecule has 34 heavy (non-hydrogen) atoms. The highest BCUT2D eigenvalue weighted by Crippen LogP contribution is 2.31. The van der Waals surface area contributed by atoms with Gasteiger partial charge in [0.05, 0.1) is 7.11 Å². The number of piperidine rings is 1. The summed E-state index contributed by atoms with van der Waals surface area (Å²) < 4.78 is 7.23. The van der Waals surface area contributed by atoms with Gasteiger partial charge in [0.2, 0.25) is 0 Å². The van der Waals surface area contributed by atoms with Gasteiger partial charge in [-0.15, -0.1) is 11.3 Å². The number of aromatic nitrogens is 2. The number of imidazole rings is 1. The summed E-state index contributed by atoms with van der Waals surface area (Å²) in [5, 5.41) is 4.87. The van der Waals surface area contributed by atoms with Crippen LogP contribution in [0, 0.1) is 0 Å². The zero-order valence-corrected chi connectivity index (χ0v) is 19.8. The number of thiophene rings is 1. The normalized spacial score (nSPS) is 14.3. The predicted octanol–water partition coefficient (Wildman–Crippen LogP) is 4.35. The Kier molecular flexibility index (Phi) is 6.31. The Bertz CT molecular complexity index is 1300. The number of pyridine rings is 1. The van der Waals surface area contributed by atoms with Crippen LogP contribution in [0.3, 0.4) is 0 Å². The minimum absolute atomic E-state index is 0.0456. The average molecular weight is 475 g/mol. The third-order valence-corrected chi connectivity index (χ3v) is 7.27. The molecule has 4 heterocycles. The highest BCUT2D eigenvalue weighted by atomic mass is 32.1. The van der Waals surface area contributed by atoms with E-state index < -0.39 is 0 Å². The molecular formula is C26H26N4O3S. The van der Waals surface area contributed by atoms with E-state index >= 15 is 0 Å². The first-order chi connectivity index (χ1) is 16.6. The second-order valence-electron chi connectivity index (χ2n) is 8.42. The van der Waals surface area contributed by atoms with E-state index in [9.17, 15) is 9.59 Å². The van der Waals surface area contributed by atoms with Crippen LogP contribution in [-0.4, -0.2) is 46.3 Å². The van der Waals surface area contributed by atoms with Crippen LogP contribution >= 0.6 is 11.3 Å². The lowest BCUT2D eigenvalue weighted by Crippen LogP contribution is -2.37. The zero-order valence-electron chi connectivity index (χ0n) is 18.9. The second-order valence-corrected chi connectivity index (χ2v) is 9.33. The SMILES string of the molecule is COc1ccsc1C(=O)N1CCC(c2ccc(C(=O)NCc3ccn4ccnc4c3)cc2)CC1. The standard InChI is InChI=1S/C26H26N4O3S/c1-33-22-9-15-34-24(22)26(32)30-12-7-20(8-13-30)19-2-4-21(5-3-19)25(31)28-17-18-6-11-29-14-10-27-23(29)16-18/h2-6,9-11,14-16,20H,7-8,12-13,17H2,1H3,(H,28,31). The number of likely N-dealkylation sites (tertiary alicyclic amines) is 1. The molecule has 3 aromatic heterocycles. The van der Waals surface area contributed by atoms with Crippen molar-refractivity contribution in [1.82, 2.24) is 19.6 Å². The molecular weight excluding hydrogens is 448 g/mol. The van der Waals surface area contributed by atoms with E-state index in [0.717, 1.165) is 24.1 Å². The number of nitrogens with zero attached hydrogens (tertiary/aromatic N) is 3. The summed E-state index contributed by atoms with van der Waals surface area (Å²) in [5.74, 6) is 0.977. The minimum Gasteiger partial charge on any atom is -0.495 e. The first-order valence-electron chi connectivity index (χ1n) is 11.3. The van der Waals surface area contributed by atoms with E-state index in [0.29, 0.717) is 41.7 Å². The van der Waals surface area contributed by atoms with Crippen LogP contribution in [0.15, 0.2) is 66.4 Å². The number of benzene rings is 1. The van der Waals surface area contributed by atoms with Gasteiger partial charge < -0.3 is 19.4 Å². The topological polar surface area (TPSA) is 75.9 Å². The molecule has 0 saturated carbocycles. The molecule has 7 nitrogen and oxygen atoms in total. The minimum atomic E-state index is -0.0972. The summed E-state index contributed by atoms with van der Waals surface area (Å²) in [6, 6.07) is 13.6. The Morgan fingerprint density at radius 1 is 1.12 bits per heavy atom. The van der Waals surface area contributed by atoms with E-state index in [2.05, 4.69) is 10.3 Å². The van der Waals surface area contributed by atoms with Gasteiger partial charge in [-0.3, -0.25) is 9.59 Å². The fraction of sp³-hybridized carbons (Fsp3) is 0.269. The fourth-order valence-electron chi connectivity index (χ4n) is 4.43. The molecule has 0 radical (unpaired) electrons. The number of carbonyl (C=O) groups excluding carboxylic acids is 2. The average Bonchev–Trinajstić information content (AvgIpc) is 3.56. The highest BCUT2D eigenvalue weighted by molar-refractivity contribution is 7.12. The van der Waals surface area contributed by atoms with Gasteiger partial charge in [0.25, 0.3) is 11.8 Å². The molecule has 1 fully saturated rings. The van der Waals surface area contributed by atoms with Crippen molar-refractivity contribution in [2.75, 3.05) is 20.2 Å². The lowest BCUT2D eigenvalue weighted by molar-refractivity contribution is 0.0714. The molecule has 2 amide bonds. The molecule has 0 aliphatic carbocycles. The molecule has 0 bridgehead atoms. The van der Waals surface area contributed by atoms with Crippen LogP contribution < -0.4 is 10.1 Å². The summed E-state index contributed by atoms with van der Waals surface area (Å²) in [6.07, 6.45) is 7.39. The van der Waals surface area contributed by atoms with Crippen LogP contribution in [0.1, 0.15) is 49.9 Å². The van der Waals surface area contributed by atoms with Crippen molar-refractivity contribution >= 4 is 28.8 Å². The maximum Gasteiger partial charge on any atom is 0.267 e. The number of methoxy groups -OCH3 is 1. The van der Waals surface area contributed by atoms with Crippen molar-refractivity contribution in [3.05, 3.63) is 88.0 Å². The molecule has 1 N–H and O–H groups in total. The molecule has 1 aromatic carbocycles. The van der Waals surface area contributed by atoms with Gasteiger partial charge in [0.1, 0.15) is 16.3 Å². The lowest BCUT2D eigenvalue weighted by Gasteiger charge is -2.32. The third kappa shape index (κ3) is 4.54. The molecule has 1 aliphatic rings. The summed E-state index contributed by atoms with van der Waals surface area (Å²) in [5.41, 5.74) is 3.72. The van der Waals surface area contributed by atoms with Crippen molar-refractivity contribution in [2.45, 2.75) is 25.3 Å². The highest BCUT2D eigenvalue weighted by Gasteiger charge is 2.27. The molecule has 0 unspecified atom stereocenters. The van der Waals surface area contributed by atoms with Gasteiger partial charge in [-0.05, 0) is 65.6 Å². The fourth-order valence-corrected chi connectivity index (χ4v) is 5.25. The van der Waals surface area contributed by atoms with Gasteiger partial charge in [0, 0.05) is 43.8 Å². The summed E-state index contributed by atoms with van der Waals surface area (Å²) in [7, 11) is 1.59. The van der Waals surface area contributed by atoms with Crippen LogP contribution in [0.4, 0.5) is 0 Å². The van der Waals surface area contributed by atoms with E-state index in [1.54, 1.807) is 13.3 Å². The number of hydrogen-bond donors (Lipinski definition) is 1. The van der Waals surface area contributed by atoms with Crippen molar-refractivity contribution in [3.8, 4) is 5.75 Å². The van der Waals surface area contributed by atoms with Gasteiger partial charge in [-0.25, -0.2) is 4.98 Å². The molecule has 8 heteroatoms. The molecule has 4 aromatic rings. The van der Waals surface area contributed by atoms with Gasteiger partial charge in [0.15, 0.2) is 0 Å². The number of ether oxygens (including phenoxy) is 1. The molecule has 1 saturated heterocycles. The summed E-state index contributed by atoms with van der Waals surface area (Å²) in [4.78, 5) is 32.3. The van der Waals surface area contributed by atoms with E-state index in [1.807, 2.05) is 69.5 Å². The lowest BCUT2D eigenvalue weighted by atomic mass is 9.89. The van der Waals surface area contributed by atoms with Crippen molar-refractivity contribution in [2.24, 2.45) is 0 Å².